The predicted octanol–water partition coefficient (Wildman–Crippen LogP) is 5.92. The van der Waals surface area contributed by atoms with Gasteiger partial charge in [-0.05, 0) is 11.4 Å². The number of rotatable bonds is 4. The average molecular weight is 381 g/mol. The molecule has 3 aromatic rings. The monoisotopic (exact) mass is 380 g/mol. The van der Waals surface area contributed by atoms with Crippen molar-refractivity contribution in [2.45, 2.75) is 9.10 Å². The van der Waals surface area contributed by atoms with Gasteiger partial charge in [0.25, 0.3) is 0 Å². The van der Waals surface area contributed by atoms with E-state index in [2.05, 4.69) is 0 Å². The molecule has 2 aromatic carbocycles. The van der Waals surface area contributed by atoms with Gasteiger partial charge in [-0.1, -0.05) is 84.2 Å². The maximum atomic E-state index is 13.0. The van der Waals surface area contributed by atoms with Gasteiger partial charge in [-0.2, -0.15) is 0 Å². The van der Waals surface area contributed by atoms with E-state index < -0.39 is 0 Å². The fourth-order valence-corrected chi connectivity index (χ4v) is 6.03. The molecule has 1 aromatic heterocycles. The van der Waals surface area contributed by atoms with E-state index in [1.807, 2.05) is 47.8 Å². The van der Waals surface area contributed by atoms with Crippen LogP contribution < -0.4 is 0 Å². The minimum absolute atomic E-state index is 0.101. The van der Waals surface area contributed by atoms with E-state index in [4.69, 9.17) is 0 Å². The van der Waals surface area contributed by atoms with Crippen LogP contribution in [0.5, 0.6) is 0 Å². The van der Waals surface area contributed by atoms with Gasteiger partial charge in [-0.25, -0.2) is 0 Å². The fraction of sp³-hybridized carbons (Fsp3) is 0. The molecule has 0 saturated carbocycles. The van der Waals surface area contributed by atoms with E-state index in [9.17, 15) is 9.59 Å². The van der Waals surface area contributed by atoms with Crippen molar-refractivity contribution in [1.82, 2.24) is 0 Å². The van der Waals surface area contributed by atoms with Gasteiger partial charge in [0, 0.05) is 16.0 Å². The van der Waals surface area contributed by atoms with Crippen molar-refractivity contribution >= 4 is 46.4 Å². The number of Topliss-reactive ketones (excluding diaryl/α,β-unsaturated/α-hetero) is 2. The van der Waals surface area contributed by atoms with Crippen molar-refractivity contribution in [3.8, 4) is 0 Å². The molecule has 0 atom stereocenters. The molecule has 0 radical (unpaired) electrons. The number of carbonyl (C=O) groups excluding carboxylic acids is 2. The molecule has 0 fully saturated rings. The lowest BCUT2D eigenvalue weighted by atomic mass is 10.1. The number of thioether (sulfide) groups is 2. The lowest BCUT2D eigenvalue weighted by Crippen LogP contribution is -2.11. The second kappa shape index (κ2) is 7.04. The summed E-state index contributed by atoms with van der Waals surface area (Å²) in [5, 5.41) is 1.99. The van der Waals surface area contributed by atoms with Crippen LogP contribution in [0.3, 0.4) is 0 Å². The zero-order valence-electron chi connectivity index (χ0n) is 13.0. The molecule has 25 heavy (non-hydrogen) atoms. The summed E-state index contributed by atoms with van der Waals surface area (Å²) < 4.78 is 1.06. The molecular weight excluding hydrogens is 368 g/mol. The summed E-state index contributed by atoms with van der Waals surface area (Å²) in [7, 11) is 0. The SMILES string of the molecule is O=C(C1=C(C(=O)c2ccccc2)Sc2sccc2S1)c1ccccc1. The van der Waals surface area contributed by atoms with Crippen molar-refractivity contribution in [3.63, 3.8) is 0 Å². The van der Waals surface area contributed by atoms with Gasteiger partial charge in [-0.15, -0.1) is 11.3 Å². The number of hydrogen-bond donors (Lipinski definition) is 0. The maximum absolute atomic E-state index is 13.0. The zero-order valence-corrected chi connectivity index (χ0v) is 15.4. The van der Waals surface area contributed by atoms with Crippen molar-refractivity contribution in [2.24, 2.45) is 0 Å². The highest BCUT2D eigenvalue weighted by Gasteiger charge is 2.30. The number of hydrogen-bond acceptors (Lipinski definition) is 5. The van der Waals surface area contributed by atoms with Crippen LogP contribution in [0.1, 0.15) is 20.7 Å². The van der Waals surface area contributed by atoms with Gasteiger partial charge < -0.3 is 0 Å². The van der Waals surface area contributed by atoms with Crippen LogP contribution in [-0.4, -0.2) is 11.6 Å². The highest BCUT2D eigenvalue weighted by Crippen LogP contribution is 2.50. The van der Waals surface area contributed by atoms with Crippen molar-refractivity contribution in [3.05, 3.63) is 93.0 Å². The smallest absolute Gasteiger partial charge is 0.201 e. The minimum Gasteiger partial charge on any atom is -0.288 e. The van der Waals surface area contributed by atoms with Crippen LogP contribution in [0.4, 0.5) is 0 Å². The van der Waals surface area contributed by atoms with Crippen LogP contribution in [0.15, 0.2) is 91.0 Å². The first-order valence-corrected chi connectivity index (χ1v) is 10.1. The third kappa shape index (κ3) is 3.23. The Labute approximate surface area is 158 Å². The third-order valence-corrected chi connectivity index (χ3v) is 7.48. The second-order valence-corrected chi connectivity index (χ2v) is 8.57. The largest absolute Gasteiger partial charge is 0.288 e. The number of carbonyl (C=O) groups is 2. The lowest BCUT2D eigenvalue weighted by Gasteiger charge is -2.18. The molecule has 1 aliphatic heterocycles. The summed E-state index contributed by atoms with van der Waals surface area (Å²) in [6, 6.07) is 20.2. The molecule has 0 saturated heterocycles. The van der Waals surface area contributed by atoms with Gasteiger partial charge in [0.15, 0.2) is 0 Å². The molecule has 5 heteroatoms. The van der Waals surface area contributed by atoms with E-state index in [0.717, 1.165) is 9.10 Å². The summed E-state index contributed by atoms with van der Waals surface area (Å²) in [6.07, 6.45) is 0. The number of fused-ring (bicyclic) bond motifs is 1. The molecule has 0 bridgehead atoms. The molecule has 4 rings (SSSR count). The average Bonchev–Trinajstić information content (AvgIpc) is 3.15. The Morgan fingerprint density at radius 1 is 0.640 bits per heavy atom. The highest BCUT2D eigenvalue weighted by molar-refractivity contribution is 8.11. The second-order valence-electron chi connectivity index (χ2n) is 5.32. The molecule has 122 valence electrons. The number of thiophene rings is 1. The van der Waals surface area contributed by atoms with Gasteiger partial charge in [0.1, 0.15) is 0 Å². The molecule has 2 heterocycles. The van der Waals surface area contributed by atoms with Gasteiger partial charge in [0.2, 0.25) is 11.6 Å². The zero-order chi connectivity index (χ0) is 17.2. The summed E-state index contributed by atoms with van der Waals surface area (Å²) in [4.78, 5) is 28.1. The van der Waals surface area contributed by atoms with Crippen LogP contribution in [0, 0.1) is 0 Å². The van der Waals surface area contributed by atoms with Crippen LogP contribution in [0.25, 0.3) is 0 Å². The van der Waals surface area contributed by atoms with Gasteiger partial charge in [0.05, 0.1) is 14.0 Å². The van der Waals surface area contributed by atoms with Gasteiger partial charge >= 0.3 is 0 Å². The quantitative estimate of drug-likeness (QED) is 0.526. The summed E-state index contributed by atoms with van der Waals surface area (Å²) in [5.74, 6) is -0.203. The van der Waals surface area contributed by atoms with Gasteiger partial charge in [-0.3, -0.25) is 9.59 Å². The Morgan fingerprint density at radius 3 is 1.72 bits per heavy atom. The van der Waals surface area contributed by atoms with Crippen molar-refractivity contribution in [2.75, 3.05) is 0 Å². The standard InChI is InChI=1S/C20H12O2S3/c21-16(13-7-3-1-4-8-13)18-19(17(22)14-9-5-2-6-10-14)25-20-15(24-18)11-12-23-20/h1-12H. The predicted molar refractivity (Wildman–Crippen MR) is 105 cm³/mol. The number of ketones is 2. The molecule has 0 amide bonds. The molecular formula is C20H12O2S3. The third-order valence-electron chi connectivity index (χ3n) is 3.69. The minimum atomic E-state index is -0.103. The lowest BCUT2D eigenvalue weighted by molar-refractivity contribution is 0.101. The summed E-state index contributed by atoms with van der Waals surface area (Å²) in [6.45, 7) is 0. The molecule has 0 aliphatic carbocycles. The van der Waals surface area contributed by atoms with E-state index in [1.165, 1.54) is 23.5 Å². The first kappa shape index (κ1) is 16.4. The topological polar surface area (TPSA) is 34.1 Å². The Hall–Kier alpha value is -2.08. The Kier molecular flexibility index (Phi) is 4.61. The first-order chi connectivity index (χ1) is 12.2. The first-order valence-electron chi connectivity index (χ1n) is 7.61. The molecule has 1 aliphatic rings. The van der Waals surface area contributed by atoms with Crippen molar-refractivity contribution in [1.29, 1.82) is 0 Å². The molecule has 0 spiro atoms. The number of benzene rings is 2. The Bertz CT molecular complexity index is 894. The molecule has 0 unspecified atom stereocenters. The number of allylic oxidation sites excluding steroid dienone is 2. The summed E-state index contributed by atoms with van der Waals surface area (Å²) >= 11 is 4.40. The van der Waals surface area contributed by atoms with Crippen LogP contribution in [-0.2, 0) is 0 Å². The Balaban J connectivity index is 1.81. The van der Waals surface area contributed by atoms with Crippen molar-refractivity contribution < 1.29 is 9.59 Å². The van der Waals surface area contributed by atoms with Crippen LogP contribution in [0.2, 0.25) is 0 Å². The van der Waals surface area contributed by atoms with E-state index in [-0.39, 0.29) is 11.6 Å². The Morgan fingerprint density at radius 2 is 1.16 bits per heavy atom. The van der Waals surface area contributed by atoms with Crippen LogP contribution >= 0.6 is 34.9 Å². The highest BCUT2D eigenvalue weighted by atomic mass is 32.2. The normalized spacial score (nSPS) is 13.4. The van der Waals surface area contributed by atoms with E-state index in [1.54, 1.807) is 35.6 Å². The fourth-order valence-electron chi connectivity index (χ4n) is 2.47. The molecule has 2 nitrogen and oxygen atoms in total. The van der Waals surface area contributed by atoms with E-state index in [0.29, 0.717) is 20.9 Å². The summed E-state index contributed by atoms with van der Waals surface area (Å²) in [5.41, 5.74) is 1.20. The maximum Gasteiger partial charge on any atom is 0.201 e. The molecule has 0 N–H and O–H groups in total. The van der Waals surface area contributed by atoms with E-state index >= 15 is 0 Å².